The van der Waals surface area contributed by atoms with Crippen molar-refractivity contribution >= 4 is 24.1 Å². The van der Waals surface area contributed by atoms with Crippen molar-refractivity contribution in [1.82, 2.24) is 14.8 Å². The standard InChI is InChI=1S/C19H18N4O2.C2HF3O2/c20-9-11-23-18(19(24)25)13-17(22-23)15-8-10-21-16(12-15)7-6-14-4-2-1-3-5-14;3-2(4,5)1(6)7/h1-8,10,12-13H,9,11,20H2,(H,24,25);(H,6,7). The molecule has 0 aliphatic rings. The Balaban J connectivity index is 0.000000451. The number of rotatable bonds is 6. The largest absolute Gasteiger partial charge is 0.490 e. The second-order valence-corrected chi connectivity index (χ2v) is 6.25. The molecule has 4 N–H and O–H groups in total. The first kappa shape index (κ1) is 24.3. The van der Waals surface area contributed by atoms with Crippen molar-refractivity contribution in [3.05, 3.63) is 71.7 Å². The number of benzene rings is 1. The number of carboxylic acid groups (broad SMARTS) is 2. The number of alkyl halides is 3. The fraction of sp³-hybridized carbons (Fsp3) is 0.143. The van der Waals surface area contributed by atoms with Gasteiger partial charge >= 0.3 is 18.1 Å². The molecule has 0 fully saturated rings. The maximum absolute atomic E-state index is 11.3. The van der Waals surface area contributed by atoms with Crippen molar-refractivity contribution in [3.63, 3.8) is 0 Å². The minimum absolute atomic E-state index is 0.124. The lowest BCUT2D eigenvalue weighted by atomic mass is 10.1. The van der Waals surface area contributed by atoms with Gasteiger partial charge in [-0.3, -0.25) is 9.67 Å². The summed E-state index contributed by atoms with van der Waals surface area (Å²) in [6.45, 7) is 0.677. The Labute approximate surface area is 180 Å². The van der Waals surface area contributed by atoms with Crippen LogP contribution in [0.5, 0.6) is 0 Å². The van der Waals surface area contributed by atoms with E-state index in [2.05, 4.69) is 10.1 Å². The summed E-state index contributed by atoms with van der Waals surface area (Å²) in [5, 5.41) is 20.8. The summed E-state index contributed by atoms with van der Waals surface area (Å²) in [7, 11) is 0. The van der Waals surface area contributed by atoms with Crippen LogP contribution in [0, 0.1) is 0 Å². The fourth-order valence-corrected chi connectivity index (χ4v) is 2.47. The minimum Gasteiger partial charge on any atom is -0.477 e. The molecule has 11 heteroatoms. The quantitative estimate of drug-likeness (QED) is 0.527. The van der Waals surface area contributed by atoms with Crippen molar-refractivity contribution in [3.8, 4) is 11.3 Å². The van der Waals surface area contributed by atoms with E-state index >= 15 is 0 Å². The van der Waals surface area contributed by atoms with E-state index in [1.807, 2.05) is 48.6 Å². The maximum Gasteiger partial charge on any atom is 0.490 e. The van der Waals surface area contributed by atoms with Gasteiger partial charge in [-0.2, -0.15) is 18.3 Å². The highest BCUT2D eigenvalue weighted by molar-refractivity contribution is 5.87. The summed E-state index contributed by atoms with van der Waals surface area (Å²) < 4.78 is 33.2. The van der Waals surface area contributed by atoms with E-state index in [1.54, 1.807) is 18.3 Å². The molecule has 8 nitrogen and oxygen atoms in total. The van der Waals surface area contributed by atoms with Gasteiger partial charge in [0.05, 0.1) is 17.9 Å². The van der Waals surface area contributed by atoms with Gasteiger partial charge in [-0.25, -0.2) is 9.59 Å². The van der Waals surface area contributed by atoms with Crippen LogP contribution >= 0.6 is 0 Å². The normalized spacial score (nSPS) is 11.1. The molecule has 168 valence electrons. The Morgan fingerprint density at radius 2 is 1.72 bits per heavy atom. The third-order valence-corrected chi connectivity index (χ3v) is 3.91. The highest BCUT2D eigenvalue weighted by atomic mass is 19.4. The monoisotopic (exact) mass is 448 g/mol. The molecule has 0 aliphatic heterocycles. The first-order valence-electron chi connectivity index (χ1n) is 9.12. The molecule has 32 heavy (non-hydrogen) atoms. The number of aliphatic carboxylic acids is 1. The summed E-state index contributed by atoms with van der Waals surface area (Å²) in [5.41, 5.74) is 8.89. The lowest BCUT2D eigenvalue weighted by molar-refractivity contribution is -0.192. The van der Waals surface area contributed by atoms with Crippen LogP contribution < -0.4 is 5.73 Å². The molecule has 2 aromatic heterocycles. The van der Waals surface area contributed by atoms with Gasteiger partial charge in [-0.1, -0.05) is 36.4 Å². The molecule has 0 saturated heterocycles. The highest BCUT2D eigenvalue weighted by Gasteiger charge is 2.38. The maximum atomic E-state index is 11.3. The summed E-state index contributed by atoms with van der Waals surface area (Å²) in [6, 6.07) is 15.2. The average molecular weight is 448 g/mol. The van der Waals surface area contributed by atoms with E-state index in [0.717, 1.165) is 16.8 Å². The Kier molecular flexibility index (Phi) is 8.24. The molecule has 0 amide bonds. The third-order valence-electron chi connectivity index (χ3n) is 3.91. The number of carbonyl (C=O) groups is 2. The van der Waals surface area contributed by atoms with Crippen molar-refractivity contribution < 1.29 is 33.0 Å². The predicted molar refractivity (Wildman–Crippen MR) is 111 cm³/mol. The Morgan fingerprint density at radius 3 is 2.28 bits per heavy atom. The topological polar surface area (TPSA) is 131 Å². The third kappa shape index (κ3) is 7.06. The summed E-state index contributed by atoms with van der Waals surface area (Å²) >= 11 is 0. The fourth-order valence-electron chi connectivity index (χ4n) is 2.47. The lowest BCUT2D eigenvalue weighted by Crippen LogP contribution is -2.21. The minimum atomic E-state index is -5.08. The number of aromatic nitrogens is 3. The summed E-state index contributed by atoms with van der Waals surface area (Å²) in [6.07, 6.45) is 0.484. The second kappa shape index (κ2) is 10.9. The molecule has 0 unspecified atom stereocenters. The molecule has 0 spiro atoms. The first-order chi connectivity index (χ1) is 15.1. The van der Waals surface area contributed by atoms with Crippen LogP contribution in [0.15, 0.2) is 54.7 Å². The van der Waals surface area contributed by atoms with Crippen LogP contribution in [-0.2, 0) is 11.3 Å². The van der Waals surface area contributed by atoms with Crippen LogP contribution in [0.25, 0.3) is 23.4 Å². The van der Waals surface area contributed by atoms with Crippen molar-refractivity contribution in [2.45, 2.75) is 12.7 Å². The number of pyridine rings is 1. The van der Waals surface area contributed by atoms with E-state index in [1.165, 1.54) is 4.68 Å². The van der Waals surface area contributed by atoms with E-state index in [-0.39, 0.29) is 5.69 Å². The molecule has 0 atom stereocenters. The Hall–Kier alpha value is -3.99. The molecular weight excluding hydrogens is 429 g/mol. The van der Waals surface area contributed by atoms with Gasteiger partial charge in [-0.05, 0) is 29.8 Å². The molecule has 0 bridgehead atoms. The predicted octanol–water partition coefficient (Wildman–Crippen LogP) is 3.41. The number of carboxylic acids is 2. The Bertz CT molecular complexity index is 1100. The summed E-state index contributed by atoms with van der Waals surface area (Å²) in [4.78, 5) is 24.6. The van der Waals surface area contributed by atoms with Gasteiger partial charge < -0.3 is 15.9 Å². The zero-order chi connectivity index (χ0) is 23.7. The number of hydrogen-bond acceptors (Lipinski definition) is 5. The van der Waals surface area contributed by atoms with Gasteiger partial charge in [0.15, 0.2) is 0 Å². The molecule has 0 saturated carbocycles. The van der Waals surface area contributed by atoms with Crippen LogP contribution in [0.4, 0.5) is 13.2 Å². The highest BCUT2D eigenvalue weighted by Crippen LogP contribution is 2.20. The van der Waals surface area contributed by atoms with Gasteiger partial charge in [0.2, 0.25) is 0 Å². The molecule has 1 aromatic carbocycles. The van der Waals surface area contributed by atoms with Crippen LogP contribution in [0.2, 0.25) is 0 Å². The molecule has 0 aliphatic carbocycles. The van der Waals surface area contributed by atoms with Crippen molar-refractivity contribution in [1.29, 1.82) is 0 Å². The first-order valence-corrected chi connectivity index (χ1v) is 9.12. The van der Waals surface area contributed by atoms with Crippen LogP contribution in [-0.4, -0.2) is 49.6 Å². The van der Waals surface area contributed by atoms with Gasteiger partial charge in [0.25, 0.3) is 0 Å². The van der Waals surface area contributed by atoms with E-state index in [0.29, 0.717) is 18.8 Å². The number of hydrogen-bond donors (Lipinski definition) is 3. The number of halogens is 3. The molecule has 3 rings (SSSR count). The molecule has 3 aromatic rings. The van der Waals surface area contributed by atoms with Gasteiger partial charge in [0, 0.05) is 18.3 Å². The smallest absolute Gasteiger partial charge is 0.477 e. The Morgan fingerprint density at radius 1 is 1.06 bits per heavy atom. The lowest BCUT2D eigenvalue weighted by Gasteiger charge is -2.01. The van der Waals surface area contributed by atoms with Crippen molar-refractivity contribution in [2.24, 2.45) is 5.73 Å². The summed E-state index contributed by atoms with van der Waals surface area (Å²) in [5.74, 6) is -3.78. The second-order valence-electron chi connectivity index (χ2n) is 6.25. The number of nitrogens with zero attached hydrogens (tertiary/aromatic N) is 3. The van der Waals surface area contributed by atoms with Crippen molar-refractivity contribution in [2.75, 3.05) is 6.54 Å². The molecular formula is C21H19F3N4O4. The number of aromatic carboxylic acids is 1. The molecule has 2 heterocycles. The molecule has 0 radical (unpaired) electrons. The van der Waals surface area contributed by atoms with Gasteiger partial charge in [-0.15, -0.1) is 0 Å². The SMILES string of the molecule is NCCn1nc(-c2ccnc(C=Cc3ccccc3)c2)cc1C(=O)O.O=C(O)C(F)(F)F. The van der Waals surface area contributed by atoms with Gasteiger partial charge in [0.1, 0.15) is 5.69 Å². The zero-order valence-electron chi connectivity index (χ0n) is 16.5. The van der Waals surface area contributed by atoms with E-state index in [9.17, 15) is 23.1 Å². The van der Waals surface area contributed by atoms with E-state index < -0.39 is 18.1 Å². The van der Waals surface area contributed by atoms with Crippen LogP contribution in [0.3, 0.4) is 0 Å². The zero-order valence-corrected chi connectivity index (χ0v) is 16.5. The average Bonchev–Trinajstić information content (AvgIpc) is 3.18. The number of nitrogens with two attached hydrogens (primary N) is 1. The van der Waals surface area contributed by atoms with Crippen LogP contribution in [0.1, 0.15) is 21.7 Å². The van der Waals surface area contributed by atoms with E-state index in [4.69, 9.17) is 15.6 Å².